The SMILES string of the molecule is COc1ccc(CN)cc1.COc1ccc(CNc2cccc3nc([C@H](C)Cc4ncnc5nc[nH]c45)n(-c4ccccc4)c(=O)c23)cc1.C[C@H](Cc1ncnc2nc[nH]c12)c1nc2cccc(F)c2c(=O)n1-c1ccccc1.C[C@H](Cc1ncnc2nc[nH]c12)c1nc2cccc(N)c2c(=O)n1-c1ccccc1.O=C(O)C(F)(F)F. The number of ether oxygens (including phenoxy) is 2. The van der Waals surface area contributed by atoms with Crippen LogP contribution in [0.4, 0.5) is 28.9 Å². The molecule has 9 aromatic heterocycles. The number of halogens is 4. The van der Waals surface area contributed by atoms with E-state index in [9.17, 15) is 31.9 Å². The van der Waals surface area contributed by atoms with Crippen LogP contribution >= 0.6 is 0 Å². The second-order valence-corrected chi connectivity index (χ2v) is 26.6. The number of aromatic amines is 3. The fourth-order valence-corrected chi connectivity index (χ4v) is 13.1. The van der Waals surface area contributed by atoms with Gasteiger partial charge in [-0.25, -0.2) is 69.0 Å². The summed E-state index contributed by atoms with van der Waals surface area (Å²) >= 11 is 0. The summed E-state index contributed by atoms with van der Waals surface area (Å²) in [6.45, 7) is 7.20. The van der Waals surface area contributed by atoms with Crippen molar-refractivity contribution in [2.24, 2.45) is 5.73 Å². The number of nitrogen functional groups attached to an aromatic ring is 1. The number of nitrogens with one attached hydrogen (secondary N) is 4. The third-order valence-electron chi connectivity index (χ3n) is 18.8. The van der Waals surface area contributed by atoms with Gasteiger partial charge in [-0.15, -0.1) is 0 Å². The topological polar surface area (TPSA) is 388 Å². The molecule has 17 rings (SSSR count). The van der Waals surface area contributed by atoms with Gasteiger partial charge in [-0.05, 0) is 108 Å². The summed E-state index contributed by atoms with van der Waals surface area (Å²) in [6, 6.07) is 59.4. The van der Waals surface area contributed by atoms with E-state index in [1.54, 1.807) is 60.5 Å². The number of carbonyl (C=O) groups is 1. The summed E-state index contributed by atoms with van der Waals surface area (Å²) in [5.41, 5.74) is 24.4. The lowest BCUT2D eigenvalue weighted by molar-refractivity contribution is -0.192. The highest BCUT2D eigenvalue weighted by molar-refractivity contribution is 5.92. The van der Waals surface area contributed by atoms with Gasteiger partial charge in [0.1, 0.15) is 75.7 Å². The molecule has 9 N–H and O–H groups in total. The molecule has 0 aliphatic carbocycles. The van der Waals surface area contributed by atoms with E-state index in [0.717, 1.165) is 73.3 Å². The standard InChI is InChI=1S/C30H27N7O2.C22H17FN6O.C22H19N7O.C8H11NO.C2HF3O2/c1-19(15-25-27-28(34-17-32-25)35-18-33-27)29-36-24-10-6-9-23(31-16-20-11-13-22(39-2)14-12-20)26(24)30(38)37(29)21-7-4-3-5-8-21;2*1-13(10-17-19-20(26-11-24-17)27-12-25-19)21-28-16-9-5-8-15(23)18(16)22(30)29(21)14-6-3-2-4-7-14;1-10-8-4-2-7(6-9)3-5-8;3-2(4,5)1(6)7/h3-14,17-19,31H,15-16H2,1-2H3,(H,32,33,34,35);2-9,11-13H,10H2,1H3,(H,24,25,26,27);2-9,11-13H,10,23H2,1H3,(H,24,25,26,27);2-5H,6,9H2,1H3;(H,6,7)/t19-;2*13-;;/m111../s1. The molecule has 0 amide bonds. The van der Waals surface area contributed by atoms with E-state index in [2.05, 4.69) is 72.0 Å². The van der Waals surface area contributed by atoms with Crippen molar-refractivity contribution in [3.8, 4) is 28.6 Å². The molecular weight excluding hydrogens is 1490 g/mol. The maximum Gasteiger partial charge on any atom is 0.490 e. The molecule has 3 atom stereocenters. The number of alkyl halides is 3. The maximum absolute atomic E-state index is 14.5. The molecule has 9 heterocycles. The third kappa shape index (κ3) is 17.7. The van der Waals surface area contributed by atoms with Crippen LogP contribution in [0.3, 0.4) is 0 Å². The summed E-state index contributed by atoms with van der Waals surface area (Å²) in [5, 5.41) is 11.5. The van der Waals surface area contributed by atoms with E-state index < -0.39 is 23.5 Å². The molecule has 116 heavy (non-hydrogen) atoms. The number of fused-ring (bicyclic) bond motifs is 6. The number of nitrogens with two attached hydrogens (primary N) is 2. The first-order valence-corrected chi connectivity index (χ1v) is 36.3. The van der Waals surface area contributed by atoms with Gasteiger partial charge in [0, 0.05) is 61.5 Å². The summed E-state index contributed by atoms with van der Waals surface area (Å²) < 4.78 is 61.3. The number of H-pyrrole nitrogens is 3. The number of nitrogens with zero attached hydrogens (tertiary/aromatic N) is 15. The van der Waals surface area contributed by atoms with Crippen LogP contribution in [0.5, 0.6) is 11.5 Å². The Morgan fingerprint density at radius 3 is 1.21 bits per heavy atom. The van der Waals surface area contributed by atoms with Gasteiger partial charge in [0.05, 0.1) is 94.7 Å². The number of aliphatic carboxylic acids is 1. The zero-order chi connectivity index (χ0) is 81.6. The summed E-state index contributed by atoms with van der Waals surface area (Å²) in [6.07, 6.45) is 5.82. The first-order chi connectivity index (χ1) is 56.2. The number of carboxylic acid groups (broad SMARTS) is 1. The Bertz CT molecular complexity index is 6250. The van der Waals surface area contributed by atoms with E-state index in [4.69, 9.17) is 45.8 Å². The number of hydrogen-bond acceptors (Lipinski definition) is 21. The molecule has 28 nitrogen and oxygen atoms in total. The molecule has 17 aromatic rings. The van der Waals surface area contributed by atoms with E-state index in [0.29, 0.717) is 105 Å². The molecule has 586 valence electrons. The van der Waals surface area contributed by atoms with Crippen molar-refractivity contribution in [3.63, 3.8) is 0 Å². The second-order valence-electron chi connectivity index (χ2n) is 26.6. The fraction of sp³-hybridized carbons (Fsp3) is 0.167. The first kappa shape index (κ1) is 79.3. The molecule has 0 spiro atoms. The quantitative estimate of drug-likeness (QED) is 0.0310. The molecule has 0 radical (unpaired) electrons. The molecule has 0 bridgehead atoms. The Balaban J connectivity index is 0.000000138. The van der Waals surface area contributed by atoms with Crippen LogP contribution in [0.1, 0.15) is 84.2 Å². The summed E-state index contributed by atoms with van der Waals surface area (Å²) in [7, 11) is 3.30. The molecule has 8 aromatic carbocycles. The number of methoxy groups -OCH3 is 2. The lowest BCUT2D eigenvalue weighted by Crippen LogP contribution is -2.26. The number of benzene rings is 8. The Labute approximate surface area is 657 Å². The molecule has 0 fully saturated rings. The zero-order valence-corrected chi connectivity index (χ0v) is 63.0. The van der Waals surface area contributed by atoms with Crippen molar-refractivity contribution in [1.82, 2.24) is 88.5 Å². The molecule has 0 aliphatic heterocycles. The van der Waals surface area contributed by atoms with Crippen LogP contribution < -0.4 is 42.9 Å². The minimum atomic E-state index is -5.08. The van der Waals surface area contributed by atoms with Gasteiger partial charge in [-0.3, -0.25) is 28.1 Å². The molecule has 32 heteroatoms. The van der Waals surface area contributed by atoms with E-state index in [1.807, 2.05) is 184 Å². The normalized spacial score (nSPS) is 12.0. The Morgan fingerprint density at radius 2 is 0.819 bits per heavy atom. The lowest BCUT2D eigenvalue weighted by Gasteiger charge is -2.20. The van der Waals surface area contributed by atoms with E-state index in [1.165, 1.54) is 29.6 Å². The van der Waals surface area contributed by atoms with Gasteiger partial charge in [0.2, 0.25) is 0 Å². The molecule has 0 saturated heterocycles. The second kappa shape index (κ2) is 35.7. The van der Waals surface area contributed by atoms with Crippen molar-refractivity contribution < 1.29 is 36.9 Å². The smallest absolute Gasteiger partial charge is 0.490 e. The van der Waals surface area contributed by atoms with E-state index in [-0.39, 0.29) is 34.3 Å². The Kier molecular flexibility index (Phi) is 24.4. The maximum atomic E-state index is 14.5. The van der Waals surface area contributed by atoms with Crippen LogP contribution in [0.25, 0.3) is 83.3 Å². The molecule has 0 saturated carbocycles. The van der Waals surface area contributed by atoms with Gasteiger partial charge in [-0.2, -0.15) is 13.2 Å². The predicted molar refractivity (Wildman–Crippen MR) is 433 cm³/mol. The van der Waals surface area contributed by atoms with Gasteiger partial charge in [0.25, 0.3) is 16.7 Å². The average molecular weight is 1570 g/mol. The first-order valence-electron chi connectivity index (χ1n) is 36.3. The van der Waals surface area contributed by atoms with Gasteiger partial charge in [-0.1, -0.05) is 118 Å². The van der Waals surface area contributed by atoms with Crippen molar-refractivity contribution >= 4 is 83.5 Å². The Hall–Kier alpha value is -14.8. The Morgan fingerprint density at radius 1 is 0.466 bits per heavy atom. The van der Waals surface area contributed by atoms with Gasteiger partial charge in [0.15, 0.2) is 16.9 Å². The zero-order valence-electron chi connectivity index (χ0n) is 63.0. The lowest BCUT2D eigenvalue weighted by atomic mass is 10.0. The van der Waals surface area contributed by atoms with Crippen molar-refractivity contribution in [2.45, 2.75) is 77.1 Å². The molecule has 0 unspecified atom stereocenters. The van der Waals surface area contributed by atoms with Gasteiger partial charge < -0.3 is 46.3 Å². The van der Waals surface area contributed by atoms with Crippen LogP contribution in [0, 0.1) is 5.82 Å². The van der Waals surface area contributed by atoms with Crippen LogP contribution in [-0.2, 0) is 37.1 Å². The number of carboxylic acids is 1. The monoisotopic (exact) mass is 1570 g/mol. The number of anilines is 2. The number of rotatable bonds is 18. The van der Waals surface area contributed by atoms with Gasteiger partial charge >= 0.3 is 12.1 Å². The average Bonchev–Trinajstić information content (AvgIpc) is 1.01. The van der Waals surface area contributed by atoms with Crippen molar-refractivity contribution in [3.05, 3.63) is 315 Å². The van der Waals surface area contributed by atoms with E-state index >= 15 is 0 Å². The van der Waals surface area contributed by atoms with Crippen LogP contribution in [0.2, 0.25) is 0 Å². The van der Waals surface area contributed by atoms with Crippen LogP contribution in [-0.4, -0.2) is 120 Å². The van der Waals surface area contributed by atoms with Crippen LogP contribution in [0.15, 0.2) is 246 Å². The highest BCUT2D eigenvalue weighted by Crippen LogP contribution is 2.31. The number of aromatic nitrogens is 18. The summed E-state index contributed by atoms with van der Waals surface area (Å²) in [5.74, 6) is -0.232. The molecule has 0 aliphatic rings. The number of hydrogen-bond donors (Lipinski definition) is 7. The van der Waals surface area contributed by atoms with Crippen molar-refractivity contribution in [2.75, 3.05) is 25.3 Å². The van der Waals surface area contributed by atoms with Crippen molar-refractivity contribution in [1.29, 1.82) is 0 Å². The predicted octanol–water partition coefficient (Wildman–Crippen LogP) is 13.3. The largest absolute Gasteiger partial charge is 0.497 e. The summed E-state index contributed by atoms with van der Waals surface area (Å²) in [4.78, 5) is 112. The third-order valence-corrected chi connectivity index (χ3v) is 18.8. The highest BCUT2D eigenvalue weighted by atomic mass is 19.4. The highest BCUT2D eigenvalue weighted by Gasteiger charge is 2.38. The number of para-hydroxylation sites is 3. The minimum absolute atomic E-state index is 0.0182. The number of imidazole rings is 3. The fourth-order valence-electron chi connectivity index (χ4n) is 13.1. The molecular formula is C84H75F4N21O7. The minimum Gasteiger partial charge on any atom is -0.497 e.